The Morgan fingerprint density at radius 3 is 2.10 bits per heavy atom. The molecule has 0 bridgehead atoms. The van der Waals surface area contributed by atoms with E-state index in [0.29, 0.717) is 25.7 Å². The fourth-order valence-electron chi connectivity index (χ4n) is 2.08. The Balaban J connectivity index is 2.34. The number of carbonyl (C=O) groups is 2. The molecule has 3 heteroatoms. The molecule has 20 heavy (non-hydrogen) atoms. The fourth-order valence-corrected chi connectivity index (χ4v) is 2.08. The van der Waals surface area contributed by atoms with Crippen molar-refractivity contribution in [3.8, 4) is 0 Å². The van der Waals surface area contributed by atoms with Crippen molar-refractivity contribution in [2.75, 3.05) is 0 Å². The van der Waals surface area contributed by atoms with Crippen molar-refractivity contribution < 1.29 is 9.59 Å². The Kier molecular flexibility index (Phi) is 7.16. The monoisotopic (exact) mass is 275 g/mol. The van der Waals surface area contributed by atoms with Gasteiger partial charge in [-0.15, -0.1) is 0 Å². The van der Waals surface area contributed by atoms with E-state index in [1.807, 2.05) is 13.8 Å². The van der Waals surface area contributed by atoms with Gasteiger partial charge in [-0.25, -0.2) is 0 Å². The number of nitrogens with two attached hydrogens (primary N) is 1. The first-order valence-electron chi connectivity index (χ1n) is 7.38. The van der Waals surface area contributed by atoms with Gasteiger partial charge in [0.15, 0.2) is 0 Å². The molecule has 1 rings (SSSR count). The molecule has 0 saturated carbocycles. The lowest BCUT2D eigenvalue weighted by Crippen LogP contribution is -2.17. The molecule has 0 amide bonds. The number of carbonyl (C=O) groups excluding carboxylic acids is 2. The Hall–Kier alpha value is -1.48. The summed E-state index contributed by atoms with van der Waals surface area (Å²) in [5, 5.41) is 0. The van der Waals surface area contributed by atoms with E-state index < -0.39 is 0 Å². The highest BCUT2D eigenvalue weighted by Crippen LogP contribution is 2.10. The predicted molar refractivity (Wildman–Crippen MR) is 81.7 cm³/mol. The van der Waals surface area contributed by atoms with Crippen LogP contribution in [0.2, 0.25) is 0 Å². The molecule has 0 aliphatic rings. The van der Waals surface area contributed by atoms with Crippen LogP contribution >= 0.6 is 0 Å². The Labute approximate surface area is 121 Å². The third-order valence-corrected chi connectivity index (χ3v) is 3.35. The van der Waals surface area contributed by atoms with Gasteiger partial charge in [0.2, 0.25) is 0 Å². The molecule has 0 fully saturated rings. The topological polar surface area (TPSA) is 60.2 Å². The van der Waals surface area contributed by atoms with Crippen molar-refractivity contribution in [2.24, 2.45) is 5.73 Å². The van der Waals surface area contributed by atoms with E-state index in [1.165, 1.54) is 5.56 Å². The maximum Gasteiger partial charge on any atom is 0.133 e. The van der Waals surface area contributed by atoms with Crippen molar-refractivity contribution >= 4 is 11.6 Å². The van der Waals surface area contributed by atoms with E-state index in [4.69, 9.17) is 5.73 Å². The maximum absolute atomic E-state index is 11.7. The average molecular weight is 275 g/mol. The number of ketones is 2. The van der Waals surface area contributed by atoms with Crippen LogP contribution in [0.4, 0.5) is 0 Å². The van der Waals surface area contributed by atoms with Crippen molar-refractivity contribution in [3.63, 3.8) is 0 Å². The fraction of sp³-hybridized carbons (Fsp3) is 0.529. The van der Waals surface area contributed by atoms with Crippen LogP contribution in [0.25, 0.3) is 0 Å². The number of rotatable bonds is 9. The first kappa shape index (κ1) is 16.6. The largest absolute Gasteiger partial charge is 0.328 e. The summed E-state index contributed by atoms with van der Waals surface area (Å²) >= 11 is 0. The van der Waals surface area contributed by atoms with Crippen LogP contribution < -0.4 is 5.73 Å². The first-order valence-corrected chi connectivity index (χ1v) is 7.38. The predicted octanol–water partition coefficient (Wildman–Crippen LogP) is 2.84. The molecule has 0 aromatic heterocycles. The molecule has 0 heterocycles. The number of Topliss-reactive ketones (excluding diaryl/α,β-unsaturated/α-hetero) is 2. The molecule has 1 unspecified atom stereocenters. The zero-order valence-corrected chi connectivity index (χ0v) is 12.5. The molecule has 1 atom stereocenters. The molecule has 110 valence electrons. The van der Waals surface area contributed by atoms with Gasteiger partial charge in [0, 0.05) is 31.7 Å². The van der Waals surface area contributed by atoms with Gasteiger partial charge in [-0.3, -0.25) is 9.59 Å². The zero-order chi connectivity index (χ0) is 15.0. The van der Waals surface area contributed by atoms with Crippen LogP contribution in [0.15, 0.2) is 24.3 Å². The van der Waals surface area contributed by atoms with Gasteiger partial charge in [-0.05, 0) is 30.9 Å². The lowest BCUT2D eigenvalue weighted by atomic mass is 10.0. The average Bonchev–Trinajstić information content (AvgIpc) is 2.43. The summed E-state index contributed by atoms with van der Waals surface area (Å²) < 4.78 is 0. The summed E-state index contributed by atoms with van der Waals surface area (Å²) in [6.45, 7) is 3.82. The van der Waals surface area contributed by atoms with Crippen LogP contribution in [-0.2, 0) is 22.4 Å². The number of benzene rings is 1. The third-order valence-electron chi connectivity index (χ3n) is 3.35. The molecular formula is C17H25NO2. The molecule has 0 aliphatic carbocycles. The van der Waals surface area contributed by atoms with E-state index in [9.17, 15) is 9.59 Å². The zero-order valence-electron chi connectivity index (χ0n) is 12.5. The Morgan fingerprint density at radius 2 is 1.55 bits per heavy atom. The molecule has 0 aliphatic heterocycles. The van der Waals surface area contributed by atoms with Crippen molar-refractivity contribution in [3.05, 3.63) is 35.4 Å². The lowest BCUT2D eigenvalue weighted by molar-refractivity contribution is -0.124. The standard InChI is InChI=1S/C17H25NO2/c1-3-16(19)10-11-17(20)9-8-14-4-6-15(7-5-14)12-13(2)18/h4-7,13H,3,8-12,18H2,1-2H3. The third kappa shape index (κ3) is 6.62. The van der Waals surface area contributed by atoms with E-state index in [2.05, 4.69) is 24.3 Å². The molecule has 0 radical (unpaired) electrons. The molecule has 1 aromatic carbocycles. The second-order valence-corrected chi connectivity index (χ2v) is 5.43. The minimum Gasteiger partial charge on any atom is -0.328 e. The van der Waals surface area contributed by atoms with Crippen LogP contribution in [0.5, 0.6) is 0 Å². The van der Waals surface area contributed by atoms with Gasteiger partial charge in [-0.1, -0.05) is 31.2 Å². The second-order valence-electron chi connectivity index (χ2n) is 5.43. The quantitative estimate of drug-likeness (QED) is 0.754. The molecule has 1 aromatic rings. The summed E-state index contributed by atoms with van der Waals surface area (Å²) in [6.07, 6.45) is 3.44. The summed E-state index contributed by atoms with van der Waals surface area (Å²) in [6, 6.07) is 8.43. The van der Waals surface area contributed by atoms with Crippen molar-refractivity contribution in [1.29, 1.82) is 0 Å². The van der Waals surface area contributed by atoms with E-state index >= 15 is 0 Å². The number of hydrogen-bond donors (Lipinski definition) is 1. The SMILES string of the molecule is CCC(=O)CCC(=O)CCc1ccc(CC(C)N)cc1. The maximum atomic E-state index is 11.7. The van der Waals surface area contributed by atoms with Crippen LogP contribution in [-0.4, -0.2) is 17.6 Å². The molecule has 0 spiro atoms. The van der Waals surface area contributed by atoms with Crippen molar-refractivity contribution in [1.82, 2.24) is 0 Å². The Bertz CT molecular complexity index is 435. The van der Waals surface area contributed by atoms with E-state index in [1.54, 1.807) is 0 Å². The summed E-state index contributed by atoms with van der Waals surface area (Å²) in [7, 11) is 0. The molecule has 2 N–H and O–H groups in total. The minimum absolute atomic E-state index is 0.165. The van der Waals surface area contributed by atoms with E-state index in [-0.39, 0.29) is 17.6 Å². The summed E-state index contributed by atoms with van der Waals surface area (Å²) in [4.78, 5) is 22.8. The second kappa shape index (κ2) is 8.64. The highest BCUT2D eigenvalue weighted by atomic mass is 16.1. The van der Waals surface area contributed by atoms with E-state index in [0.717, 1.165) is 18.4 Å². The van der Waals surface area contributed by atoms with Gasteiger partial charge in [0.25, 0.3) is 0 Å². The molecule has 3 nitrogen and oxygen atoms in total. The highest BCUT2D eigenvalue weighted by Gasteiger charge is 2.06. The number of aryl methyl sites for hydroxylation is 1. The minimum atomic E-state index is 0.165. The molecular weight excluding hydrogens is 250 g/mol. The van der Waals surface area contributed by atoms with Gasteiger partial charge in [-0.2, -0.15) is 0 Å². The lowest BCUT2D eigenvalue weighted by Gasteiger charge is -2.06. The van der Waals surface area contributed by atoms with Gasteiger partial charge < -0.3 is 5.73 Å². The summed E-state index contributed by atoms with van der Waals surface area (Å²) in [5.41, 5.74) is 8.14. The van der Waals surface area contributed by atoms with Crippen molar-refractivity contribution in [2.45, 2.75) is 58.4 Å². The van der Waals surface area contributed by atoms with Gasteiger partial charge >= 0.3 is 0 Å². The Morgan fingerprint density at radius 1 is 1.00 bits per heavy atom. The highest BCUT2D eigenvalue weighted by molar-refractivity contribution is 5.85. The first-order chi connectivity index (χ1) is 9.51. The van der Waals surface area contributed by atoms with Crippen LogP contribution in [0.1, 0.15) is 50.7 Å². The smallest absolute Gasteiger partial charge is 0.133 e. The van der Waals surface area contributed by atoms with Crippen LogP contribution in [0.3, 0.4) is 0 Å². The number of hydrogen-bond acceptors (Lipinski definition) is 3. The normalized spacial score (nSPS) is 12.2. The van der Waals surface area contributed by atoms with Gasteiger partial charge in [0.1, 0.15) is 11.6 Å². The van der Waals surface area contributed by atoms with Crippen LogP contribution in [0, 0.1) is 0 Å². The molecule has 0 saturated heterocycles. The summed E-state index contributed by atoms with van der Waals surface area (Å²) in [5.74, 6) is 0.338. The van der Waals surface area contributed by atoms with Gasteiger partial charge in [0.05, 0.1) is 0 Å².